The van der Waals surface area contributed by atoms with Crippen molar-refractivity contribution in [2.45, 2.75) is 45.3 Å². The minimum Gasteiger partial charge on any atom is -0.466 e. The Hall–Kier alpha value is -0.610. The molecule has 1 fully saturated rings. The number of ether oxygens (including phenoxy) is 2. The highest BCUT2D eigenvalue weighted by molar-refractivity contribution is 5.73. The summed E-state index contributed by atoms with van der Waals surface area (Å²) in [6.45, 7) is 4.68. The van der Waals surface area contributed by atoms with Crippen molar-refractivity contribution in [3.8, 4) is 0 Å². The van der Waals surface area contributed by atoms with Gasteiger partial charge in [0.05, 0.1) is 24.7 Å². The number of esters is 1. The number of carbonyl (C=O) groups excluding carboxylic acids is 1. The summed E-state index contributed by atoms with van der Waals surface area (Å²) in [4.78, 5) is 11.5. The SMILES string of the molecule is CCOC(=O)C(CC)C(O)C1CCCO1. The molecule has 15 heavy (non-hydrogen) atoms. The monoisotopic (exact) mass is 216 g/mol. The molecule has 1 saturated heterocycles. The molecule has 0 saturated carbocycles. The van der Waals surface area contributed by atoms with E-state index in [9.17, 15) is 9.90 Å². The molecule has 0 spiro atoms. The molecule has 0 aliphatic carbocycles. The highest BCUT2D eigenvalue weighted by Crippen LogP contribution is 2.23. The molecule has 4 nitrogen and oxygen atoms in total. The standard InChI is InChI=1S/C11H20O4/c1-3-8(11(13)14-4-2)10(12)9-6-5-7-15-9/h8-10,12H,3-7H2,1-2H3. The molecule has 1 aliphatic heterocycles. The molecule has 0 aromatic carbocycles. The van der Waals surface area contributed by atoms with Gasteiger partial charge >= 0.3 is 5.97 Å². The van der Waals surface area contributed by atoms with E-state index in [2.05, 4.69) is 0 Å². The van der Waals surface area contributed by atoms with E-state index in [0.29, 0.717) is 19.6 Å². The van der Waals surface area contributed by atoms with Gasteiger partial charge in [-0.3, -0.25) is 4.79 Å². The van der Waals surface area contributed by atoms with Gasteiger partial charge in [0.2, 0.25) is 0 Å². The molecule has 0 bridgehead atoms. The van der Waals surface area contributed by atoms with E-state index in [1.165, 1.54) is 0 Å². The Labute approximate surface area is 90.6 Å². The fourth-order valence-electron chi connectivity index (χ4n) is 1.93. The second-order valence-electron chi connectivity index (χ2n) is 3.81. The van der Waals surface area contributed by atoms with E-state index in [1.54, 1.807) is 6.92 Å². The molecule has 0 amide bonds. The van der Waals surface area contributed by atoms with E-state index in [1.807, 2.05) is 6.92 Å². The Kier molecular flexibility index (Phi) is 5.05. The van der Waals surface area contributed by atoms with Crippen molar-refractivity contribution in [3.05, 3.63) is 0 Å². The summed E-state index contributed by atoms with van der Waals surface area (Å²) in [7, 11) is 0. The lowest BCUT2D eigenvalue weighted by Gasteiger charge is -2.24. The molecule has 0 aromatic heterocycles. The molecule has 88 valence electrons. The average molecular weight is 216 g/mol. The first-order chi connectivity index (χ1) is 7.20. The molecule has 1 rings (SSSR count). The van der Waals surface area contributed by atoms with Crippen LogP contribution in [0.1, 0.15) is 33.1 Å². The van der Waals surface area contributed by atoms with Crippen LogP contribution in [0.25, 0.3) is 0 Å². The summed E-state index contributed by atoms with van der Waals surface area (Å²) in [5.74, 6) is -0.768. The van der Waals surface area contributed by atoms with Crippen LogP contribution < -0.4 is 0 Å². The van der Waals surface area contributed by atoms with Crippen LogP contribution >= 0.6 is 0 Å². The number of hydrogen-bond donors (Lipinski definition) is 1. The van der Waals surface area contributed by atoms with Gasteiger partial charge in [-0.05, 0) is 26.2 Å². The Balaban J connectivity index is 2.52. The molecule has 1 heterocycles. The molecule has 3 atom stereocenters. The largest absolute Gasteiger partial charge is 0.466 e. The average Bonchev–Trinajstić information content (AvgIpc) is 2.71. The van der Waals surface area contributed by atoms with Gasteiger partial charge in [0.25, 0.3) is 0 Å². The Morgan fingerprint density at radius 3 is 2.80 bits per heavy atom. The van der Waals surface area contributed by atoms with Crippen molar-refractivity contribution in [1.82, 2.24) is 0 Å². The number of hydrogen-bond acceptors (Lipinski definition) is 4. The van der Waals surface area contributed by atoms with Crippen molar-refractivity contribution in [3.63, 3.8) is 0 Å². The summed E-state index contributed by atoms with van der Waals surface area (Å²) in [6, 6.07) is 0. The topological polar surface area (TPSA) is 55.8 Å². The molecule has 1 N–H and O–H groups in total. The number of carbonyl (C=O) groups is 1. The lowest BCUT2D eigenvalue weighted by Crippen LogP contribution is -2.38. The zero-order valence-electron chi connectivity index (χ0n) is 9.44. The van der Waals surface area contributed by atoms with Gasteiger partial charge in [0, 0.05) is 6.61 Å². The van der Waals surface area contributed by atoms with Gasteiger partial charge in [-0.2, -0.15) is 0 Å². The van der Waals surface area contributed by atoms with Crippen LogP contribution in [0.2, 0.25) is 0 Å². The normalized spacial score (nSPS) is 24.9. The molecular weight excluding hydrogens is 196 g/mol. The van der Waals surface area contributed by atoms with Gasteiger partial charge in [-0.15, -0.1) is 0 Å². The molecule has 3 unspecified atom stereocenters. The summed E-state index contributed by atoms with van der Waals surface area (Å²) >= 11 is 0. The predicted molar refractivity (Wildman–Crippen MR) is 55.4 cm³/mol. The Morgan fingerprint density at radius 1 is 1.60 bits per heavy atom. The third-order valence-electron chi connectivity index (χ3n) is 2.79. The van der Waals surface area contributed by atoms with E-state index in [4.69, 9.17) is 9.47 Å². The third kappa shape index (κ3) is 3.18. The summed E-state index contributed by atoms with van der Waals surface area (Å²) in [5, 5.41) is 9.98. The molecular formula is C11H20O4. The first-order valence-electron chi connectivity index (χ1n) is 5.67. The molecule has 4 heteroatoms. The summed E-state index contributed by atoms with van der Waals surface area (Å²) in [6.07, 6.45) is 1.45. The maximum absolute atomic E-state index is 11.5. The van der Waals surface area contributed by atoms with E-state index < -0.39 is 12.0 Å². The number of aliphatic hydroxyl groups excluding tert-OH is 1. The summed E-state index contributed by atoms with van der Waals surface area (Å²) < 4.78 is 10.3. The highest BCUT2D eigenvalue weighted by Gasteiger charge is 2.34. The minimum atomic E-state index is -0.725. The van der Waals surface area contributed by atoms with Gasteiger partial charge in [0.15, 0.2) is 0 Å². The van der Waals surface area contributed by atoms with Crippen molar-refractivity contribution in [1.29, 1.82) is 0 Å². The fraction of sp³-hybridized carbons (Fsp3) is 0.909. The van der Waals surface area contributed by atoms with Crippen LogP contribution in [0.4, 0.5) is 0 Å². The zero-order valence-corrected chi connectivity index (χ0v) is 9.44. The van der Waals surface area contributed by atoms with Crippen LogP contribution in [0.15, 0.2) is 0 Å². The first-order valence-corrected chi connectivity index (χ1v) is 5.67. The van der Waals surface area contributed by atoms with Crippen molar-refractivity contribution in [2.24, 2.45) is 5.92 Å². The van der Waals surface area contributed by atoms with Crippen LogP contribution in [0.3, 0.4) is 0 Å². The second kappa shape index (κ2) is 6.08. The quantitative estimate of drug-likeness (QED) is 0.700. The van der Waals surface area contributed by atoms with Gasteiger partial charge in [-0.1, -0.05) is 6.92 Å². The van der Waals surface area contributed by atoms with Gasteiger partial charge < -0.3 is 14.6 Å². The third-order valence-corrected chi connectivity index (χ3v) is 2.79. The number of aliphatic hydroxyl groups is 1. The molecule has 0 aromatic rings. The van der Waals surface area contributed by atoms with Crippen molar-refractivity contribution in [2.75, 3.05) is 13.2 Å². The smallest absolute Gasteiger partial charge is 0.311 e. The Bertz CT molecular complexity index is 199. The fourth-order valence-corrected chi connectivity index (χ4v) is 1.93. The zero-order chi connectivity index (χ0) is 11.3. The van der Waals surface area contributed by atoms with Crippen LogP contribution in [-0.2, 0) is 14.3 Å². The van der Waals surface area contributed by atoms with Gasteiger partial charge in [-0.25, -0.2) is 0 Å². The lowest BCUT2D eigenvalue weighted by atomic mass is 9.94. The predicted octanol–water partition coefficient (Wildman–Crippen LogP) is 1.12. The van der Waals surface area contributed by atoms with Crippen LogP contribution in [0, 0.1) is 5.92 Å². The van der Waals surface area contributed by atoms with E-state index >= 15 is 0 Å². The second-order valence-corrected chi connectivity index (χ2v) is 3.81. The van der Waals surface area contributed by atoms with Crippen molar-refractivity contribution < 1.29 is 19.4 Å². The van der Waals surface area contributed by atoms with E-state index in [-0.39, 0.29) is 12.1 Å². The summed E-state index contributed by atoms with van der Waals surface area (Å²) in [5.41, 5.74) is 0. The first kappa shape index (κ1) is 12.5. The van der Waals surface area contributed by atoms with Crippen molar-refractivity contribution >= 4 is 5.97 Å². The maximum Gasteiger partial charge on any atom is 0.311 e. The van der Waals surface area contributed by atoms with E-state index in [0.717, 1.165) is 12.8 Å². The molecule has 1 aliphatic rings. The lowest BCUT2D eigenvalue weighted by molar-refractivity contribution is -0.155. The molecule has 0 radical (unpaired) electrons. The number of rotatable bonds is 5. The van der Waals surface area contributed by atoms with Crippen LogP contribution in [-0.4, -0.2) is 36.5 Å². The maximum atomic E-state index is 11.5. The highest BCUT2D eigenvalue weighted by atomic mass is 16.5. The van der Waals surface area contributed by atoms with Gasteiger partial charge in [0.1, 0.15) is 0 Å². The van der Waals surface area contributed by atoms with Crippen LogP contribution in [0.5, 0.6) is 0 Å². The minimum absolute atomic E-state index is 0.195. The Morgan fingerprint density at radius 2 is 2.33 bits per heavy atom.